The van der Waals surface area contributed by atoms with Crippen LogP contribution >= 0.6 is 11.3 Å². The van der Waals surface area contributed by atoms with E-state index in [0.29, 0.717) is 12.1 Å². The number of nitrogens with zero attached hydrogens (tertiary/aromatic N) is 1. The van der Waals surface area contributed by atoms with Gasteiger partial charge in [0.25, 0.3) is 0 Å². The minimum Gasteiger partial charge on any atom is -0.493 e. The Bertz CT molecular complexity index is 939. The lowest BCUT2D eigenvalue weighted by atomic mass is 10.2. The van der Waals surface area contributed by atoms with Gasteiger partial charge in [-0.3, -0.25) is 4.79 Å². The van der Waals surface area contributed by atoms with Crippen molar-refractivity contribution in [1.82, 2.24) is 10.3 Å². The van der Waals surface area contributed by atoms with Crippen LogP contribution in [-0.2, 0) is 11.3 Å². The topological polar surface area (TPSA) is 60.5 Å². The first-order chi connectivity index (χ1) is 13.0. The Hall–Kier alpha value is -3.00. The van der Waals surface area contributed by atoms with Crippen LogP contribution in [0.2, 0.25) is 0 Å². The van der Waals surface area contributed by atoms with Crippen molar-refractivity contribution in [2.75, 3.05) is 7.11 Å². The number of benzene rings is 2. The highest BCUT2D eigenvalue weighted by molar-refractivity contribution is 7.18. The molecule has 2 aromatic carbocycles. The first kappa shape index (κ1) is 18.8. The number of halogens is 2. The first-order valence-corrected chi connectivity index (χ1v) is 8.80. The Morgan fingerprint density at radius 2 is 2.07 bits per heavy atom. The van der Waals surface area contributed by atoms with Gasteiger partial charge in [-0.25, -0.2) is 4.98 Å². The second-order valence-electron chi connectivity index (χ2n) is 5.42. The highest BCUT2D eigenvalue weighted by Crippen LogP contribution is 2.29. The van der Waals surface area contributed by atoms with Crippen LogP contribution in [0.5, 0.6) is 11.5 Å². The maximum atomic E-state index is 12.3. The molecule has 0 saturated carbocycles. The van der Waals surface area contributed by atoms with Crippen molar-refractivity contribution in [2.45, 2.75) is 13.2 Å². The van der Waals surface area contributed by atoms with E-state index in [0.717, 1.165) is 15.2 Å². The van der Waals surface area contributed by atoms with E-state index in [-0.39, 0.29) is 17.4 Å². The molecule has 0 aliphatic rings. The summed E-state index contributed by atoms with van der Waals surface area (Å²) in [5.74, 6) is -0.196. The summed E-state index contributed by atoms with van der Waals surface area (Å²) in [7, 11) is 1.35. The van der Waals surface area contributed by atoms with E-state index in [2.05, 4.69) is 15.0 Å². The largest absolute Gasteiger partial charge is 0.493 e. The molecular formula is C19H16F2N2O3S. The maximum absolute atomic E-state index is 12.3. The van der Waals surface area contributed by atoms with Gasteiger partial charge >= 0.3 is 6.61 Å². The zero-order valence-corrected chi connectivity index (χ0v) is 15.1. The van der Waals surface area contributed by atoms with E-state index >= 15 is 0 Å². The van der Waals surface area contributed by atoms with Gasteiger partial charge in [0.15, 0.2) is 11.5 Å². The molecule has 0 aliphatic heterocycles. The number of fused-ring (bicyclic) bond motifs is 1. The standard InChI is InChI=1S/C19H16F2N2O3S/c1-25-15-10-12(6-8-14(15)26-19(20)21)7-9-17(24)22-11-18-23-13-4-2-3-5-16(13)27-18/h2-10,19H,11H2,1H3,(H,22,24)/b9-7+. The maximum Gasteiger partial charge on any atom is 0.387 e. The van der Waals surface area contributed by atoms with E-state index in [9.17, 15) is 13.6 Å². The molecule has 0 radical (unpaired) electrons. The second-order valence-corrected chi connectivity index (χ2v) is 6.53. The number of aromatic nitrogens is 1. The number of carbonyl (C=O) groups excluding carboxylic acids is 1. The van der Waals surface area contributed by atoms with Crippen LogP contribution in [0.4, 0.5) is 8.78 Å². The zero-order valence-electron chi connectivity index (χ0n) is 14.3. The van der Waals surface area contributed by atoms with Crippen LogP contribution in [0.1, 0.15) is 10.6 Å². The third kappa shape index (κ3) is 5.01. The van der Waals surface area contributed by atoms with E-state index < -0.39 is 6.61 Å². The molecular weight excluding hydrogens is 374 g/mol. The van der Waals surface area contributed by atoms with Gasteiger partial charge in [0, 0.05) is 6.08 Å². The van der Waals surface area contributed by atoms with Crippen LogP contribution < -0.4 is 14.8 Å². The number of nitrogens with one attached hydrogen (secondary N) is 1. The summed E-state index contributed by atoms with van der Waals surface area (Å²) < 4.78 is 35.1. The van der Waals surface area contributed by atoms with Gasteiger partial charge in [0.2, 0.25) is 5.91 Å². The number of carbonyl (C=O) groups is 1. The summed E-state index contributed by atoms with van der Waals surface area (Å²) in [5, 5.41) is 3.58. The van der Waals surface area contributed by atoms with Crippen LogP contribution in [0.3, 0.4) is 0 Å². The predicted molar refractivity (Wildman–Crippen MR) is 100 cm³/mol. The Balaban J connectivity index is 1.60. The fourth-order valence-corrected chi connectivity index (χ4v) is 3.28. The fourth-order valence-electron chi connectivity index (χ4n) is 2.37. The molecule has 0 spiro atoms. The van der Waals surface area contributed by atoms with Gasteiger partial charge in [0.1, 0.15) is 5.01 Å². The minimum absolute atomic E-state index is 0.0649. The third-order valence-electron chi connectivity index (χ3n) is 3.58. The number of hydrogen-bond acceptors (Lipinski definition) is 5. The van der Waals surface area contributed by atoms with E-state index in [1.54, 1.807) is 12.1 Å². The lowest BCUT2D eigenvalue weighted by Crippen LogP contribution is -2.20. The summed E-state index contributed by atoms with van der Waals surface area (Å²) in [6, 6.07) is 12.2. The quantitative estimate of drug-likeness (QED) is 0.613. The lowest BCUT2D eigenvalue weighted by Gasteiger charge is -2.10. The Labute approximate surface area is 158 Å². The van der Waals surface area contributed by atoms with Crippen LogP contribution in [0.15, 0.2) is 48.5 Å². The molecule has 3 rings (SSSR count). The molecule has 27 heavy (non-hydrogen) atoms. The molecule has 5 nitrogen and oxygen atoms in total. The Morgan fingerprint density at radius 3 is 2.81 bits per heavy atom. The highest BCUT2D eigenvalue weighted by Gasteiger charge is 2.10. The van der Waals surface area contributed by atoms with E-state index in [1.807, 2.05) is 24.3 Å². The van der Waals surface area contributed by atoms with Crippen molar-refractivity contribution in [3.8, 4) is 11.5 Å². The third-order valence-corrected chi connectivity index (χ3v) is 4.62. The number of methoxy groups -OCH3 is 1. The molecule has 3 aromatic rings. The zero-order chi connectivity index (χ0) is 19.2. The van der Waals surface area contributed by atoms with E-state index in [1.165, 1.54) is 36.7 Å². The van der Waals surface area contributed by atoms with Crippen LogP contribution in [0, 0.1) is 0 Å². The molecule has 0 unspecified atom stereocenters. The summed E-state index contributed by atoms with van der Waals surface area (Å²) >= 11 is 1.52. The fraction of sp³-hybridized carbons (Fsp3) is 0.158. The Morgan fingerprint density at radius 1 is 1.26 bits per heavy atom. The van der Waals surface area contributed by atoms with Crippen LogP contribution in [-0.4, -0.2) is 24.6 Å². The lowest BCUT2D eigenvalue weighted by molar-refractivity contribution is -0.116. The van der Waals surface area contributed by atoms with Gasteiger partial charge in [-0.15, -0.1) is 11.3 Å². The molecule has 0 saturated heterocycles. The minimum atomic E-state index is -2.94. The van der Waals surface area contributed by atoms with E-state index in [4.69, 9.17) is 4.74 Å². The summed E-state index contributed by atoms with van der Waals surface area (Å²) in [5.41, 5.74) is 1.52. The molecule has 8 heteroatoms. The second kappa shape index (κ2) is 8.59. The molecule has 0 atom stereocenters. The molecule has 0 fully saturated rings. The molecule has 1 heterocycles. The number of amides is 1. The molecule has 0 bridgehead atoms. The monoisotopic (exact) mass is 390 g/mol. The van der Waals surface area contributed by atoms with Crippen molar-refractivity contribution in [3.63, 3.8) is 0 Å². The van der Waals surface area contributed by atoms with Gasteiger partial charge in [-0.1, -0.05) is 18.2 Å². The van der Waals surface area contributed by atoms with Gasteiger partial charge in [0.05, 0.1) is 23.9 Å². The predicted octanol–water partition coefficient (Wildman–Crippen LogP) is 4.24. The number of alkyl halides is 2. The van der Waals surface area contributed by atoms with Crippen molar-refractivity contribution in [3.05, 3.63) is 59.1 Å². The van der Waals surface area contributed by atoms with Gasteiger partial charge in [-0.05, 0) is 35.9 Å². The summed E-state index contributed by atoms with van der Waals surface area (Å²) in [6.07, 6.45) is 2.91. The number of thiazole rings is 1. The molecule has 1 amide bonds. The molecule has 140 valence electrons. The van der Waals surface area contributed by atoms with Crippen molar-refractivity contribution in [2.24, 2.45) is 0 Å². The van der Waals surface area contributed by atoms with Gasteiger partial charge < -0.3 is 14.8 Å². The molecule has 1 N–H and O–H groups in total. The SMILES string of the molecule is COc1cc(/C=C/C(=O)NCc2nc3ccccc3s2)ccc1OC(F)F. The van der Waals surface area contributed by atoms with Crippen molar-refractivity contribution >= 4 is 33.5 Å². The molecule has 1 aromatic heterocycles. The highest BCUT2D eigenvalue weighted by atomic mass is 32.1. The number of ether oxygens (including phenoxy) is 2. The van der Waals surface area contributed by atoms with Crippen LogP contribution in [0.25, 0.3) is 16.3 Å². The van der Waals surface area contributed by atoms with Crippen molar-refractivity contribution in [1.29, 1.82) is 0 Å². The number of hydrogen-bond donors (Lipinski definition) is 1. The average Bonchev–Trinajstić information content (AvgIpc) is 3.08. The van der Waals surface area contributed by atoms with Crippen molar-refractivity contribution < 1.29 is 23.0 Å². The number of rotatable bonds is 7. The first-order valence-electron chi connectivity index (χ1n) is 7.98. The normalized spacial score (nSPS) is 11.3. The summed E-state index contributed by atoms with van der Waals surface area (Å²) in [6.45, 7) is -2.61. The Kier molecular flexibility index (Phi) is 5.97. The summed E-state index contributed by atoms with van der Waals surface area (Å²) in [4.78, 5) is 16.4. The molecule has 0 aliphatic carbocycles. The average molecular weight is 390 g/mol. The van der Waals surface area contributed by atoms with Gasteiger partial charge in [-0.2, -0.15) is 8.78 Å². The smallest absolute Gasteiger partial charge is 0.387 e. The number of para-hydroxylation sites is 1.